The van der Waals surface area contributed by atoms with E-state index in [9.17, 15) is 0 Å². The number of aryl methyl sites for hydroxylation is 3. The Morgan fingerprint density at radius 3 is 2.81 bits per heavy atom. The molecule has 0 fully saturated rings. The molecule has 0 saturated heterocycles. The van der Waals surface area contributed by atoms with Crippen molar-refractivity contribution in [3.8, 4) is 5.75 Å². The van der Waals surface area contributed by atoms with Crippen LogP contribution < -0.4 is 10.5 Å². The molecule has 2 aromatic heterocycles. The molecule has 0 unspecified atom stereocenters. The number of fused-ring (bicyclic) bond motifs is 3. The number of rotatable bonds is 4. The SMILES string of the molecule is COc1ccc(CCc2cnc3c(N)nc4c[c]ccc4c3c2)c(C)c1. The summed E-state index contributed by atoms with van der Waals surface area (Å²) in [6.07, 6.45) is 3.77. The number of aromatic nitrogens is 2. The second kappa shape index (κ2) is 6.64. The first kappa shape index (κ1) is 16.3. The van der Waals surface area contributed by atoms with E-state index in [-0.39, 0.29) is 0 Å². The number of hydrogen-bond donors (Lipinski definition) is 1. The van der Waals surface area contributed by atoms with E-state index >= 15 is 0 Å². The van der Waals surface area contributed by atoms with Gasteiger partial charge in [0.05, 0.1) is 12.6 Å². The highest BCUT2D eigenvalue weighted by Gasteiger charge is 2.09. The molecule has 4 heteroatoms. The Kier molecular flexibility index (Phi) is 4.17. The zero-order valence-electron chi connectivity index (χ0n) is 14.9. The van der Waals surface area contributed by atoms with E-state index in [0.717, 1.165) is 40.4 Å². The van der Waals surface area contributed by atoms with E-state index in [2.05, 4.69) is 41.2 Å². The van der Waals surface area contributed by atoms with Crippen LogP contribution >= 0.6 is 0 Å². The zero-order chi connectivity index (χ0) is 18.1. The van der Waals surface area contributed by atoms with Crippen molar-refractivity contribution in [3.63, 3.8) is 0 Å². The third-order valence-electron chi connectivity index (χ3n) is 4.79. The lowest BCUT2D eigenvalue weighted by molar-refractivity contribution is 0.414. The van der Waals surface area contributed by atoms with Crippen LogP contribution in [-0.2, 0) is 12.8 Å². The standard InChI is InChI=1S/C22H20N3O/c1-14-11-17(26-2)10-9-16(14)8-7-15-12-19-18-5-3-4-6-20(18)25-22(23)21(19)24-13-15/h3,5-6,9-13H,7-8H2,1-2H3,(H2,23,25). The van der Waals surface area contributed by atoms with E-state index < -0.39 is 0 Å². The van der Waals surface area contributed by atoms with E-state index in [4.69, 9.17) is 10.5 Å². The fraction of sp³-hybridized carbons (Fsp3) is 0.182. The van der Waals surface area contributed by atoms with Crippen molar-refractivity contribution >= 4 is 27.6 Å². The van der Waals surface area contributed by atoms with Gasteiger partial charge in [0.15, 0.2) is 5.82 Å². The summed E-state index contributed by atoms with van der Waals surface area (Å²) in [6, 6.07) is 17.2. The van der Waals surface area contributed by atoms with Crippen LogP contribution in [0.3, 0.4) is 0 Å². The Bertz CT molecular complexity index is 1110. The molecule has 0 spiro atoms. The van der Waals surface area contributed by atoms with Gasteiger partial charge in [0.1, 0.15) is 11.3 Å². The molecule has 0 amide bonds. The Morgan fingerprint density at radius 1 is 1.12 bits per heavy atom. The largest absolute Gasteiger partial charge is 0.497 e. The van der Waals surface area contributed by atoms with Crippen LogP contribution in [0.2, 0.25) is 0 Å². The number of ether oxygens (including phenoxy) is 1. The Balaban J connectivity index is 1.68. The molecule has 0 atom stereocenters. The number of nitrogens with zero attached hydrogens (tertiary/aromatic N) is 2. The van der Waals surface area contributed by atoms with Gasteiger partial charge in [-0.05, 0) is 66.8 Å². The molecule has 4 rings (SSSR count). The smallest absolute Gasteiger partial charge is 0.150 e. The van der Waals surface area contributed by atoms with Gasteiger partial charge in [-0.1, -0.05) is 18.2 Å². The van der Waals surface area contributed by atoms with Crippen molar-refractivity contribution in [2.75, 3.05) is 12.8 Å². The molecule has 0 bridgehead atoms. The molecule has 2 N–H and O–H groups in total. The van der Waals surface area contributed by atoms with Crippen molar-refractivity contribution in [1.29, 1.82) is 0 Å². The normalized spacial score (nSPS) is 11.2. The molecule has 2 aromatic carbocycles. The summed E-state index contributed by atoms with van der Waals surface area (Å²) in [7, 11) is 1.69. The minimum atomic E-state index is 0.463. The highest BCUT2D eigenvalue weighted by atomic mass is 16.5. The van der Waals surface area contributed by atoms with Gasteiger partial charge in [0, 0.05) is 17.0 Å². The maximum absolute atomic E-state index is 6.09. The summed E-state index contributed by atoms with van der Waals surface area (Å²) in [4.78, 5) is 9.00. The second-order valence-corrected chi connectivity index (χ2v) is 6.47. The van der Waals surface area contributed by atoms with Crippen LogP contribution in [0.15, 0.2) is 48.7 Å². The maximum atomic E-state index is 6.09. The second-order valence-electron chi connectivity index (χ2n) is 6.47. The van der Waals surface area contributed by atoms with Crippen molar-refractivity contribution in [3.05, 3.63) is 71.4 Å². The molecular weight excluding hydrogens is 322 g/mol. The predicted molar refractivity (Wildman–Crippen MR) is 105 cm³/mol. The number of pyridine rings is 2. The third-order valence-corrected chi connectivity index (χ3v) is 4.79. The molecule has 2 heterocycles. The summed E-state index contributed by atoms with van der Waals surface area (Å²) >= 11 is 0. The van der Waals surface area contributed by atoms with E-state index in [1.807, 2.05) is 30.5 Å². The third kappa shape index (κ3) is 2.94. The number of hydrogen-bond acceptors (Lipinski definition) is 4. The van der Waals surface area contributed by atoms with Crippen LogP contribution in [0.25, 0.3) is 21.8 Å². The highest BCUT2D eigenvalue weighted by molar-refractivity contribution is 6.08. The number of nitrogen functional groups attached to an aromatic ring is 1. The molecule has 1 radical (unpaired) electrons. The summed E-state index contributed by atoms with van der Waals surface area (Å²) in [5.74, 6) is 1.36. The van der Waals surface area contributed by atoms with E-state index in [1.165, 1.54) is 16.7 Å². The van der Waals surface area contributed by atoms with Crippen molar-refractivity contribution in [1.82, 2.24) is 9.97 Å². The number of benzene rings is 2. The van der Waals surface area contributed by atoms with Crippen LogP contribution in [0.4, 0.5) is 5.82 Å². The Morgan fingerprint density at radius 2 is 2.00 bits per heavy atom. The summed E-state index contributed by atoms with van der Waals surface area (Å²) in [6.45, 7) is 2.12. The molecule has 4 aromatic rings. The predicted octanol–water partition coefficient (Wildman–Crippen LogP) is 4.27. The monoisotopic (exact) mass is 342 g/mol. The van der Waals surface area contributed by atoms with Crippen LogP contribution in [0.1, 0.15) is 16.7 Å². The van der Waals surface area contributed by atoms with Crippen LogP contribution in [-0.4, -0.2) is 17.1 Å². The van der Waals surface area contributed by atoms with Gasteiger partial charge in [0.25, 0.3) is 0 Å². The van der Waals surface area contributed by atoms with Crippen LogP contribution in [0.5, 0.6) is 5.75 Å². The van der Waals surface area contributed by atoms with E-state index in [1.54, 1.807) is 7.11 Å². The minimum Gasteiger partial charge on any atom is -0.497 e. The zero-order valence-corrected chi connectivity index (χ0v) is 14.9. The quantitative estimate of drug-likeness (QED) is 0.563. The molecule has 26 heavy (non-hydrogen) atoms. The topological polar surface area (TPSA) is 61.0 Å². The van der Waals surface area contributed by atoms with Gasteiger partial charge in [-0.2, -0.15) is 0 Å². The average Bonchev–Trinajstić information content (AvgIpc) is 2.67. The van der Waals surface area contributed by atoms with Gasteiger partial charge in [-0.3, -0.25) is 4.98 Å². The van der Waals surface area contributed by atoms with Crippen molar-refractivity contribution in [2.45, 2.75) is 19.8 Å². The highest BCUT2D eigenvalue weighted by Crippen LogP contribution is 2.27. The first-order valence-corrected chi connectivity index (χ1v) is 8.63. The average molecular weight is 342 g/mol. The summed E-state index contributed by atoms with van der Waals surface area (Å²) < 4.78 is 5.28. The first-order chi connectivity index (χ1) is 12.7. The van der Waals surface area contributed by atoms with Gasteiger partial charge in [-0.25, -0.2) is 4.98 Å². The van der Waals surface area contributed by atoms with Crippen molar-refractivity contribution in [2.24, 2.45) is 0 Å². The molecular formula is C22H20N3O. The minimum absolute atomic E-state index is 0.463. The summed E-state index contributed by atoms with van der Waals surface area (Å²) in [5.41, 5.74) is 11.4. The van der Waals surface area contributed by atoms with Crippen molar-refractivity contribution < 1.29 is 4.74 Å². The summed E-state index contributed by atoms with van der Waals surface area (Å²) in [5, 5.41) is 2.10. The Labute approximate surface area is 152 Å². The molecule has 0 aliphatic carbocycles. The Hall–Kier alpha value is -3.14. The molecule has 0 saturated carbocycles. The van der Waals surface area contributed by atoms with Gasteiger partial charge in [0.2, 0.25) is 0 Å². The van der Waals surface area contributed by atoms with Gasteiger partial charge < -0.3 is 10.5 Å². The molecule has 4 nitrogen and oxygen atoms in total. The number of nitrogens with two attached hydrogens (primary N) is 1. The molecule has 0 aliphatic heterocycles. The maximum Gasteiger partial charge on any atom is 0.150 e. The van der Waals surface area contributed by atoms with Crippen LogP contribution in [0, 0.1) is 13.0 Å². The lowest BCUT2D eigenvalue weighted by atomic mass is 10.00. The van der Waals surface area contributed by atoms with Gasteiger partial charge in [-0.15, -0.1) is 0 Å². The number of methoxy groups -OCH3 is 1. The van der Waals surface area contributed by atoms with Gasteiger partial charge >= 0.3 is 0 Å². The fourth-order valence-corrected chi connectivity index (χ4v) is 3.33. The number of anilines is 1. The lowest BCUT2D eigenvalue weighted by Crippen LogP contribution is -1.99. The molecule has 129 valence electrons. The lowest BCUT2D eigenvalue weighted by Gasteiger charge is -2.10. The first-order valence-electron chi connectivity index (χ1n) is 8.63. The van der Waals surface area contributed by atoms with E-state index in [0.29, 0.717) is 5.82 Å². The fourth-order valence-electron chi connectivity index (χ4n) is 3.33. The molecule has 0 aliphatic rings.